The van der Waals surface area contributed by atoms with Gasteiger partial charge in [-0.3, -0.25) is 4.79 Å². The fraction of sp³-hybridized carbons (Fsp3) is 0.250. The lowest BCUT2D eigenvalue weighted by Crippen LogP contribution is -2.13. The number of amides is 1. The van der Waals surface area contributed by atoms with Gasteiger partial charge in [-0.2, -0.15) is 5.26 Å². The molecule has 1 heterocycles. The van der Waals surface area contributed by atoms with Crippen molar-refractivity contribution in [1.82, 2.24) is 0 Å². The summed E-state index contributed by atoms with van der Waals surface area (Å²) in [5.41, 5.74) is 2.47. The van der Waals surface area contributed by atoms with Gasteiger partial charge in [-0.05, 0) is 37.1 Å². The summed E-state index contributed by atoms with van der Waals surface area (Å²) in [4.78, 5) is 12.9. The summed E-state index contributed by atoms with van der Waals surface area (Å²) >= 11 is 1.57. The standard InChI is InChI=1S/C16H15N3OS/c17-8-11-6-15(21-10-11)9-18-13-2-1-3-14(7-13)19-16(20)12-4-5-12/h1-3,6-7,10,12,18H,4-5,9H2,(H,19,20). The minimum Gasteiger partial charge on any atom is -0.380 e. The van der Waals surface area contributed by atoms with E-state index in [2.05, 4.69) is 16.7 Å². The van der Waals surface area contributed by atoms with Crippen LogP contribution >= 0.6 is 11.3 Å². The Morgan fingerprint density at radius 3 is 2.86 bits per heavy atom. The van der Waals surface area contributed by atoms with Gasteiger partial charge in [0.1, 0.15) is 6.07 Å². The molecule has 0 spiro atoms. The largest absolute Gasteiger partial charge is 0.380 e. The first-order chi connectivity index (χ1) is 10.2. The molecule has 0 aliphatic heterocycles. The third-order valence-corrected chi connectivity index (χ3v) is 4.26. The molecular formula is C16H15N3OS. The van der Waals surface area contributed by atoms with Crippen LogP contribution in [0.3, 0.4) is 0 Å². The quantitative estimate of drug-likeness (QED) is 0.886. The normalized spacial score (nSPS) is 13.5. The first-order valence-electron chi connectivity index (χ1n) is 6.87. The summed E-state index contributed by atoms with van der Waals surface area (Å²) in [5.74, 6) is 0.321. The van der Waals surface area contributed by atoms with Gasteiger partial charge in [0.05, 0.1) is 5.56 Å². The molecule has 1 aromatic carbocycles. The van der Waals surface area contributed by atoms with Gasteiger partial charge in [-0.15, -0.1) is 11.3 Å². The Hall–Kier alpha value is -2.32. The van der Waals surface area contributed by atoms with Crippen molar-refractivity contribution in [2.75, 3.05) is 10.6 Å². The maximum absolute atomic E-state index is 11.7. The Morgan fingerprint density at radius 1 is 1.33 bits per heavy atom. The molecule has 0 unspecified atom stereocenters. The highest BCUT2D eigenvalue weighted by molar-refractivity contribution is 7.10. The molecule has 3 rings (SSSR count). The number of benzene rings is 1. The van der Waals surface area contributed by atoms with Crippen LogP contribution in [0.4, 0.5) is 11.4 Å². The van der Waals surface area contributed by atoms with Crippen molar-refractivity contribution in [3.8, 4) is 6.07 Å². The Labute approximate surface area is 127 Å². The minimum absolute atomic E-state index is 0.115. The highest BCUT2D eigenvalue weighted by Gasteiger charge is 2.29. The maximum atomic E-state index is 11.7. The number of rotatable bonds is 5. The minimum atomic E-state index is 0.115. The predicted molar refractivity (Wildman–Crippen MR) is 84.2 cm³/mol. The molecule has 1 saturated carbocycles. The van der Waals surface area contributed by atoms with Gasteiger partial charge in [0.25, 0.3) is 0 Å². The van der Waals surface area contributed by atoms with Gasteiger partial charge in [-0.1, -0.05) is 6.07 Å². The van der Waals surface area contributed by atoms with Crippen molar-refractivity contribution >= 4 is 28.6 Å². The summed E-state index contributed by atoms with van der Waals surface area (Å²) in [6, 6.07) is 11.7. The first-order valence-corrected chi connectivity index (χ1v) is 7.75. The molecule has 21 heavy (non-hydrogen) atoms. The van der Waals surface area contributed by atoms with Crippen molar-refractivity contribution in [2.45, 2.75) is 19.4 Å². The average molecular weight is 297 g/mol. The summed E-state index contributed by atoms with van der Waals surface area (Å²) in [7, 11) is 0. The van der Waals surface area contributed by atoms with E-state index in [1.807, 2.05) is 35.7 Å². The van der Waals surface area contributed by atoms with E-state index in [1.165, 1.54) is 0 Å². The number of anilines is 2. The van der Waals surface area contributed by atoms with E-state index in [4.69, 9.17) is 5.26 Å². The van der Waals surface area contributed by atoms with Crippen LogP contribution in [0.15, 0.2) is 35.7 Å². The third-order valence-electron chi connectivity index (χ3n) is 3.33. The van der Waals surface area contributed by atoms with Crippen molar-refractivity contribution in [1.29, 1.82) is 5.26 Å². The molecule has 1 fully saturated rings. The Morgan fingerprint density at radius 2 is 2.14 bits per heavy atom. The van der Waals surface area contributed by atoms with Gasteiger partial charge in [0.2, 0.25) is 5.91 Å². The highest BCUT2D eigenvalue weighted by atomic mass is 32.1. The zero-order valence-corrected chi connectivity index (χ0v) is 12.2. The second-order valence-electron chi connectivity index (χ2n) is 5.11. The molecule has 0 saturated heterocycles. The molecule has 0 atom stereocenters. The topological polar surface area (TPSA) is 64.9 Å². The summed E-state index contributed by atoms with van der Waals surface area (Å²) in [6.45, 7) is 0.673. The van der Waals surface area contributed by atoms with Crippen LogP contribution in [-0.2, 0) is 11.3 Å². The van der Waals surface area contributed by atoms with E-state index in [-0.39, 0.29) is 11.8 Å². The molecule has 1 aliphatic carbocycles. The lowest BCUT2D eigenvalue weighted by molar-refractivity contribution is -0.117. The monoisotopic (exact) mass is 297 g/mol. The van der Waals surface area contributed by atoms with E-state index in [9.17, 15) is 4.79 Å². The lowest BCUT2D eigenvalue weighted by Gasteiger charge is -2.08. The van der Waals surface area contributed by atoms with E-state index < -0.39 is 0 Å². The molecule has 1 aliphatic rings. The number of carbonyl (C=O) groups excluding carboxylic acids is 1. The SMILES string of the molecule is N#Cc1csc(CNc2cccc(NC(=O)C3CC3)c2)c1. The van der Waals surface area contributed by atoms with Crippen LogP contribution in [0.5, 0.6) is 0 Å². The second-order valence-corrected chi connectivity index (χ2v) is 6.11. The molecule has 1 aromatic heterocycles. The smallest absolute Gasteiger partial charge is 0.227 e. The highest BCUT2D eigenvalue weighted by Crippen LogP contribution is 2.30. The Balaban J connectivity index is 1.60. The van der Waals surface area contributed by atoms with Crippen LogP contribution in [0, 0.1) is 17.2 Å². The molecule has 1 amide bonds. The summed E-state index contributed by atoms with van der Waals surface area (Å²) in [5, 5.41) is 16.9. The van der Waals surface area contributed by atoms with Crippen LogP contribution in [0.2, 0.25) is 0 Å². The average Bonchev–Trinajstić information content (AvgIpc) is 3.25. The van der Waals surface area contributed by atoms with Crippen molar-refractivity contribution in [2.24, 2.45) is 5.92 Å². The number of nitrogens with zero attached hydrogens (tertiary/aromatic N) is 1. The predicted octanol–water partition coefficient (Wildman–Crippen LogP) is 3.58. The maximum Gasteiger partial charge on any atom is 0.227 e. The number of hydrogen-bond donors (Lipinski definition) is 2. The number of thiophene rings is 1. The fourth-order valence-corrected chi connectivity index (χ4v) is 2.77. The van der Waals surface area contributed by atoms with Crippen molar-refractivity contribution < 1.29 is 4.79 Å². The van der Waals surface area contributed by atoms with Gasteiger partial charge in [-0.25, -0.2) is 0 Å². The molecule has 2 aromatic rings. The van der Waals surface area contributed by atoms with E-state index >= 15 is 0 Å². The van der Waals surface area contributed by atoms with Crippen LogP contribution in [0.1, 0.15) is 23.3 Å². The van der Waals surface area contributed by atoms with E-state index in [0.717, 1.165) is 29.1 Å². The Bertz CT molecular complexity index is 698. The van der Waals surface area contributed by atoms with Crippen LogP contribution < -0.4 is 10.6 Å². The molecule has 0 radical (unpaired) electrons. The number of hydrogen-bond acceptors (Lipinski definition) is 4. The summed E-state index contributed by atoms with van der Waals surface area (Å²) < 4.78 is 0. The van der Waals surface area contributed by atoms with Crippen LogP contribution in [-0.4, -0.2) is 5.91 Å². The number of nitrogens with one attached hydrogen (secondary N) is 2. The Kier molecular flexibility index (Phi) is 3.89. The van der Waals surface area contributed by atoms with Crippen LogP contribution in [0.25, 0.3) is 0 Å². The second kappa shape index (κ2) is 5.98. The van der Waals surface area contributed by atoms with Gasteiger partial charge < -0.3 is 10.6 Å². The number of carbonyl (C=O) groups is 1. The van der Waals surface area contributed by atoms with Gasteiger partial charge in [0.15, 0.2) is 0 Å². The number of nitriles is 1. The summed E-state index contributed by atoms with van der Waals surface area (Å²) in [6.07, 6.45) is 2.01. The lowest BCUT2D eigenvalue weighted by atomic mass is 10.2. The molecule has 106 valence electrons. The van der Waals surface area contributed by atoms with E-state index in [0.29, 0.717) is 12.1 Å². The molecule has 0 bridgehead atoms. The zero-order chi connectivity index (χ0) is 14.7. The van der Waals surface area contributed by atoms with Gasteiger partial charge in [0, 0.05) is 34.1 Å². The first kappa shape index (κ1) is 13.7. The molecule has 5 heteroatoms. The van der Waals surface area contributed by atoms with Crippen molar-refractivity contribution in [3.05, 3.63) is 46.2 Å². The molecular weight excluding hydrogens is 282 g/mol. The van der Waals surface area contributed by atoms with E-state index in [1.54, 1.807) is 11.3 Å². The molecule has 4 nitrogen and oxygen atoms in total. The fourth-order valence-electron chi connectivity index (χ4n) is 2.02. The molecule has 2 N–H and O–H groups in total. The van der Waals surface area contributed by atoms with Crippen molar-refractivity contribution in [3.63, 3.8) is 0 Å². The zero-order valence-electron chi connectivity index (χ0n) is 11.4. The van der Waals surface area contributed by atoms with Gasteiger partial charge >= 0.3 is 0 Å². The third kappa shape index (κ3) is 3.61.